The molecule has 1 aromatic carbocycles. The van der Waals surface area contributed by atoms with E-state index in [0.717, 1.165) is 0 Å². The lowest BCUT2D eigenvalue weighted by Crippen LogP contribution is -2.04. The molecule has 0 bridgehead atoms. The van der Waals surface area contributed by atoms with E-state index in [-0.39, 0.29) is 31.2 Å². The summed E-state index contributed by atoms with van der Waals surface area (Å²) >= 11 is 0. The Morgan fingerprint density at radius 3 is 2.56 bits per heavy atom. The van der Waals surface area contributed by atoms with Crippen molar-refractivity contribution in [2.24, 2.45) is 0 Å². The normalized spacial score (nSPS) is 10.3. The molecule has 0 spiro atoms. The van der Waals surface area contributed by atoms with E-state index in [4.69, 9.17) is 14.6 Å². The Labute approximate surface area is 164 Å². The van der Waals surface area contributed by atoms with E-state index in [1.807, 2.05) is 13.0 Å². The fraction of sp³-hybridized carbons (Fsp3) is 0.250. The number of rotatable bonds is 10. The molecule has 1 N–H and O–H groups in total. The van der Waals surface area contributed by atoms with Crippen LogP contribution in [-0.2, 0) is 4.79 Å². The zero-order valence-corrected chi connectivity index (χ0v) is 15.8. The molecule has 6 nitrogen and oxygen atoms in total. The maximum Gasteiger partial charge on any atom is 0.303 e. The summed E-state index contributed by atoms with van der Waals surface area (Å²) in [7, 11) is 0. The maximum atomic E-state index is 12.1. The number of ether oxygens (including phenoxy) is 2. The molecule has 1 aromatic heterocycles. The zero-order chi connectivity index (χ0) is 18.8. The van der Waals surface area contributed by atoms with Gasteiger partial charge in [0.1, 0.15) is 0 Å². The molecule has 144 valence electrons. The highest BCUT2D eigenvalue weighted by Gasteiger charge is 2.08. The smallest absolute Gasteiger partial charge is 0.303 e. The average Bonchev–Trinajstić information content (AvgIpc) is 2.65. The molecule has 0 aliphatic rings. The second-order valence-corrected chi connectivity index (χ2v) is 5.40. The van der Waals surface area contributed by atoms with Gasteiger partial charge in [0.15, 0.2) is 17.3 Å². The van der Waals surface area contributed by atoms with Gasteiger partial charge in [0.25, 0.3) is 0 Å². The van der Waals surface area contributed by atoms with Crippen LogP contribution in [-0.4, -0.2) is 35.1 Å². The van der Waals surface area contributed by atoms with E-state index >= 15 is 0 Å². The highest BCUT2D eigenvalue weighted by molar-refractivity contribution is 6.06. The van der Waals surface area contributed by atoms with Gasteiger partial charge in [-0.15, -0.1) is 12.4 Å². The number of pyridine rings is 1. The molecular weight excluding hydrogens is 370 g/mol. The second-order valence-electron chi connectivity index (χ2n) is 5.40. The van der Waals surface area contributed by atoms with Crippen molar-refractivity contribution in [2.75, 3.05) is 13.2 Å². The first-order chi connectivity index (χ1) is 12.6. The van der Waals surface area contributed by atoms with Gasteiger partial charge in [0.05, 0.1) is 25.1 Å². The van der Waals surface area contributed by atoms with Crippen LogP contribution in [0.3, 0.4) is 0 Å². The zero-order valence-electron chi connectivity index (χ0n) is 15.0. The minimum atomic E-state index is -0.864. The van der Waals surface area contributed by atoms with Crippen molar-refractivity contribution >= 4 is 30.2 Å². The number of benzene rings is 1. The number of aromatic nitrogens is 1. The van der Waals surface area contributed by atoms with E-state index in [0.29, 0.717) is 35.8 Å². The molecule has 0 saturated carbocycles. The summed E-state index contributed by atoms with van der Waals surface area (Å²) in [5.41, 5.74) is 1.14. The topological polar surface area (TPSA) is 85.7 Å². The van der Waals surface area contributed by atoms with Gasteiger partial charge in [-0.2, -0.15) is 0 Å². The molecule has 2 rings (SSSR count). The summed E-state index contributed by atoms with van der Waals surface area (Å²) in [5.74, 6) is -0.0324. The number of aliphatic carboxylic acids is 1. The number of hydrogen-bond acceptors (Lipinski definition) is 5. The Morgan fingerprint density at radius 2 is 1.89 bits per heavy atom. The van der Waals surface area contributed by atoms with Crippen LogP contribution < -0.4 is 9.47 Å². The number of halogens is 1. The average molecular weight is 392 g/mol. The summed E-state index contributed by atoms with van der Waals surface area (Å²) in [5, 5.41) is 8.68. The molecule has 0 amide bonds. The van der Waals surface area contributed by atoms with Crippen LogP contribution in [0.5, 0.6) is 11.5 Å². The summed E-state index contributed by atoms with van der Waals surface area (Å²) in [6.07, 6.45) is 5.01. The van der Waals surface area contributed by atoms with Crippen LogP contribution in [0.1, 0.15) is 35.8 Å². The largest absolute Gasteiger partial charge is 0.490 e. The molecule has 0 unspecified atom stereocenters. The summed E-state index contributed by atoms with van der Waals surface area (Å²) in [4.78, 5) is 26.9. The molecule has 0 aliphatic heterocycles. The Balaban J connectivity index is 0.00000364. The molecule has 0 radical (unpaired) electrons. The predicted molar refractivity (Wildman–Crippen MR) is 105 cm³/mol. The quantitative estimate of drug-likeness (QED) is 0.373. The molecular formula is C20H22ClNO5. The van der Waals surface area contributed by atoms with Gasteiger partial charge in [-0.25, -0.2) is 0 Å². The van der Waals surface area contributed by atoms with Gasteiger partial charge in [-0.3, -0.25) is 14.6 Å². The van der Waals surface area contributed by atoms with E-state index in [1.54, 1.807) is 36.4 Å². The monoisotopic (exact) mass is 391 g/mol. The molecule has 0 atom stereocenters. The summed E-state index contributed by atoms with van der Waals surface area (Å²) in [6, 6.07) is 10.6. The lowest BCUT2D eigenvalue weighted by molar-refractivity contribution is -0.137. The Morgan fingerprint density at radius 1 is 1.15 bits per heavy atom. The highest BCUT2D eigenvalue weighted by atomic mass is 35.5. The fourth-order valence-electron chi connectivity index (χ4n) is 2.17. The number of carboxylic acid groups (broad SMARTS) is 1. The molecule has 0 fully saturated rings. The van der Waals surface area contributed by atoms with Crippen molar-refractivity contribution in [3.8, 4) is 11.5 Å². The SMILES string of the molecule is CCOc1cnc(C=CC(=O)c2ccccc2)cc1OCCCC(=O)O.Cl. The Kier molecular flexibility index (Phi) is 9.61. The number of nitrogens with zero attached hydrogens (tertiary/aromatic N) is 1. The molecule has 1 heterocycles. The van der Waals surface area contributed by atoms with E-state index in [2.05, 4.69) is 4.98 Å². The van der Waals surface area contributed by atoms with Crippen molar-refractivity contribution in [3.05, 3.63) is 59.9 Å². The van der Waals surface area contributed by atoms with Crippen molar-refractivity contribution in [2.45, 2.75) is 19.8 Å². The lowest BCUT2D eigenvalue weighted by atomic mass is 10.1. The standard InChI is InChI=1S/C20H21NO5.ClH/c1-2-25-19-14-21-16(13-18(19)26-12-6-9-20(23)24)10-11-17(22)15-7-4-3-5-8-15;/h3-5,7-8,10-11,13-14H,2,6,9,12H2,1H3,(H,23,24);1H. The number of carbonyl (C=O) groups is 2. The predicted octanol–water partition coefficient (Wildman–Crippen LogP) is 4.04. The summed E-state index contributed by atoms with van der Waals surface area (Å²) in [6.45, 7) is 2.55. The highest BCUT2D eigenvalue weighted by Crippen LogP contribution is 2.27. The van der Waals surface area contributed by atoms with E-state index in [1.165, 1.54) is 12.3 Å². The van der Waals surface area contributed by atoms with Crippen molar-refractivity contribution in [1.29, 1.82) is 0 Å². The van der Waals surface area contributed by atoms with Gasteiger partial charge < -0.3 is 14.6 Å². The van der Waals surface area contributed by atoms with Crippen LogP contribution in [0.15, 0.2) is 48.7 Å². The van der Waals surface area contributed by atoms with Crippen LogP contribution in [0.2, 0.25) is 0 Å². The third-order valence-electron chi connectivity index (χ3n) is 3.41. The molecule has 0 saturated heterocycles. The number of ketones is 1. The number of hydrogen-bond donors (Lipinski definition) is 1. The van der Waals surface area contributed by atoms with Gasteiger partial charge in [0, 0.05) is 18.1 Å². The first kappa shape index (κ1) is 22.2. The number of carbonyl (C=O) groups excluding carboxylic acids is 1. The molecule has 7 heteroatoms. The summed E-state index contributed by atoms with van der Waals surface area (Å²) < 4.78 is 11.1. The van der Waals surface area contributed by atoms with Crippen molar-refractivity contribution in [1.82, 2.24) is 4.98 Å². The first-order valence-electron chi connectivity index (χ1n) is 8.35. The van der Waals surface area contributed by atoms with Crippen LogP contribution in [0.25, 0.3) is 6.08 Å². The third-order valence-corrected chi connectivity index (χ3v) is 3.41. The van der Waals surface area contributed by atoms with E-state index in [9.17, 15) is 9.59 Å². The van der Waals surface area contributed by atoms with Gasteiger partial charge in [-0.05, 0) is 25.5 Å². The number of allylic oxidation sites excluding steroid dienone is 1. The van der Waals surface area contributed by atoms with E-state index < -0.39 is 5.97 Å². The Bertz CT molecular complexity index is 777. The molecule has 0 aliphatic carbocycles. The van der Waals surface area contributed by atoms with Crippen LogP contribution in [0, 0.1) is 0 Å². The molecule has 27 heavy (non-hydrogen) atoms. The lowest BCUT2D eigenvalue weighted by Gasteiger charge is -2.11. The van der Waals surface area contributed by atoms with Crippen molar-refractivity contribution < 1.29 is 24.2 Å². The third kappa shape index (κ3) is 7.50. The Hall–Kier alpha value is -2.86. The number of carboxylic acids is 1. The first-order valence-corrected chi connectivity index (χ1v) is 8.35. The maximum absolute atomic E-state index is 12.1. The molecule has 2 aromatic rings. The fourth-order valence-corrected chi connectivity index (χ4v) is 2.17. The van der Waals surface area contributed by atoms with Gasteiger partial charge in [-0.1, -0.05) is 30.3 Å². The van der Waals surface area contributed by atoms with Crippen LogP contribution >= 0.6 is 12.4 Å². The van der Waals surface area contributed by atoms with Crippen molar-refractivity contribution in [3.63, 3.8) is 0 Å². The minimum absolute atomic E-state index is 0. The second kappa shape index (κ2) is 11.7. The van der Waals surface area contributed by atoms with Gasteiger partial charge >= 0.3 is 5.97 Å². The van der Waals surface area contributed by atoms with Gasteiger partial charge in [0.2, 0.25) is 0 Å². The minimum Gasteiger partial charge on any atom is -0.490 e. The van der Waals surface area contributed by atoms with Crippen LogP contribution in [0.4, 0.5) is 0 Å².